The molecule has 7 heteroatoms. The van der Waals surface area contributed by atoms with Crippen molar-refractivity contribution in [3.63, 3.8) is 0 Å². The summed E-state index contributed by atoms with van der Waals surface area (Å²) in [4.78, 5) is 3.25. The molecule has 2 rings (SSSR count). The molecule has 0 spiro atoms. The lowest BCUT2D eigenvalue weighted by molar-refractivity contribution is 0.407. The topological polar surface area (TPSA) is 61.4 Å². The van der Waals surface area contributed by atoms with Crippen molar-refractivity contribution in [3.8, 4) is 0 Å². The minimum Gasteiger partial charge on any atom is -0.314 e. The monoisotopic (exact) mass is 331 g/mol. The number of sulfonamides is 1. The van der Waals surface area contributed by atoms with Crippen molar-refractivity contribution < 1.29 is 8.42 Å². The van der Waals surface area contributed by atoms with Crippen molar-refractivity contribution in [3.05, 3.63) is 17.0 Å². The normalized spacial score (nSPS) is 20.5. The molecule has 1 aromatic rings. The molecule has 0 amide bonds. The third kappa shape index (κ3) is 5.03. The Balaban J connectivity index is 1.92. The van der Waals surface area contributed by atoms with E-state index >= 15 is 0 Å². The minimum absolute atomic E-state index is 0.0353. The summed E-state index contributed by atoms with van der Waals surface area (Å²) < 4.78 is 28.0. The van der Waals surface area contributed by atoms with Crippen molar-refractivity contribution in [1.82, 2.24) is 14.9 Å². The van der Waals surface area contributed by atoms with Gasteiger partial charge in [0.1, 0.15) is 4.21 Å². The van der Waals surface area contributed by atoms with E-state index in [9.17, 15) is 8.42 Å². The molecule has 1 aliphatic heterocycles. The molecule has 0 aliphatic carbocycles. The molecule has 0 bridgehead atoms. The van der Waals surface area contributed by atoms with Crippen LogP contribution in [0.4, 0.5) is 0 Å². The molecule has 120 valence electrons. The van der Waals surface area contributed by atoms with Crippen LogP contribution < -0.4 is 10.0 Å². The average molecular weight is 332 g/mol. The lowest BCUT2D eigenvalue weighted by atomic mass is 10.3. The molecule has 1 atom stereocenters. The second kappa shape index (κ2) is 7.19. The zero-order chi connectivity index (χ0) is 15.5. The van der Waals surface area contributed by atoms with Gasteiger partial charge < -0.3 is 10.2 Å². The molecule has 0 saturated carbocycles. The molecular weight excluding hydrogens is 306 g/mol. The number of nitrogens with zero attached hydrogens (tertiary/aromatic N) is 1. The highest BCUT2D eigenvalue weighted by Crippen LogP contribution is 2.23. The number of hydrogen-bond acceptors (Lipinski definition) is 5. The minimum atomic E-state index is -3.37. The highest BCUT2D eigenvalue weighted by atomic mass is 32.2. The van der Waals surface area contributed by atoms with Crippen molar-refractivity contribution in [1.29, 1.82) is 0 Å². The summed E-state index contributed by atoms with van der Waals surface area (Å²) in [7, 11) is -1.35. The van der Waals surface area contributed by atoms with Crippen LogP contribution in [0.5, 0.6) is 0 Å². The molecule has 1 aliphatic rings. The maximum absolute atomic E-state index is 12.4. The summed E-state index contributed by atoms with van der Waals surface area (Å²) in [6, 6.07) is 4.13. The predicted octanol–water partition coefficient (Wildman–Crippen LogP) is 1.27. The number of rotatable bonds is 7. The van der Waals surface area contributed by atoms with Crippen LogP contribution in [0.1, 0.15) is 25.1 Å². The van der Waals surface area contributed by atoms with Crippen LogP contribution in [-0.4, -0.2) is 52.1 Å². The Labute approximate surface area is 131 Å². The van der Waals surface area contributed by atoms with Crippen LogP contribution in [0.25, 0.3) is 0 Å². The van der Waals surface area contributed by atoms with Crippen LogP contribution in [0.2, 0.25) is 0 Å². The molecule has 1 aromatic heterocycles. The summed E-state index contributed by atoms with van der Waals surface area (Å²) in [6.07, 6.45) is 1.75. The standard InChI is InChI=1S/C14H25N3O2S2/c1-11(2)15-8-6-13-4-5-14(20-13)21(18,19)16-12-7-9-17(3)10-12/h4-5,11-12,15-16H,6-10H2,1-3H3. The van der Waals surface area contributed by atoms with Gasteiger partial charge in [-0.25, -0.2) is 13.1 Å². The van der Waals surface area contributed by atoms with Crippen LogP contribution in [0.3, 0.4) is 0 Å². The Hall–Kier alpha value is -0.470. The molecular formula is C14H25N3O2S2. The molecule has 1 unspecified atom stereocenters. The highest BCUT2D eigenvalue weighted by Gasteiger charge is 2.26. The Morgan fingerprint density at radius 3 is 2.81 bits per heavy atom. The Morgan fingerprint density at radius 1 is 1.43 bits per heavy atom. The van der Waals surface area contributed by atoms with Crippen molar-refractivity contribution in [2.24, 2.45) is 0 Å². The lowest BCUT2D eigenvalue weighted by Crippen LogP contribution is -2.36. The number of hydrogen-bond donors (Lipinski definition) is 2. The quantitative estimate of drug-likeness (QED) is 0.790. The third-order valence-corrected chi connectivity index (χ3v) is 6.70. The highest BCUT2D eigenvalue weighted by molar-refractivity contribution is 7.91. The van der Waals surface area contributed by atoms with Gasteiger partial charge in [0.2, 0.25) is 10.0 Å². The molecule has 1 fully saturated rings. The molecule has 21 heavy (non-hydrogen) atoms. The first-order valence-corrected chi connectivity index (χ1v) is 9.70. The van der Waals surface area contributed by atoms with E-state index < -0.39 is 10.0 Å². The van der Waals surface area contributed by atoms with Gasteiger partial charge in [0.05, 0.1) is 0 Å². The second-order valence-corrected chi connectivity index (χ2v) is 9.06. The SMILES string of the molecule is CC(C)NCCc1ccc(S(=O)(=O)NC2CCN(C)C2)s1. The van der Waals surface area contributed by atoms with E-state index in [-0.39, 0.29) is 6.04 Å². The van der Waals surface area contributed by atoms with Gasteiger partial charge in [-0.2, -0.15) is 0 Å². The Morgan fingerprint density at radius 2 is 2.19 bits per heavy atom. The third-order valence-electron chi connectivity index (χ3n) is 3.54. The summed E-state index contributed by atoms with van der Waals surface area (Å²) in [5.41, 5.74) is 0. The van der Waals surface area contributed by atoms with Gasteiger partial charge in [0.25, 0.3) is 0 Å². The summed E-state index contributed by atoms with van der Waals surface area (Å²) >= 11 is 1.37. The van der Waals surface area contributed by atoms with E-state index in [2.05, 4.69) is 28.8 Å². The number of likely N-dealkylation sites (N-methyl/N-ethyl adjacent to an activating group) is 1. The molecule has 1 saturated heterocycles. The van der Waals surface area contributed by atoms with E-state index in [0.717, 1.165) is 37.4 Å². The largest absolute Gasteiger partial charge is 0.314 e. The fourth-order valence-electron chi connectivity index (χ4n) is 2.43. The van der Waals surface area contributed by atoms with Gasteiger partial charge in [-0.05, 0) is 38.6 Å². The van der Waals surface area contributed by atoms with E-state index in [0.29, 0.717) is 10.3 Å². The van der Waals surface area contributed by atoms with Gasteiger partial charge in [-0.3, -0.25) is 0 Å². The first kappa shape index (κ1) is 16.9. The number of nitrogens with one attached hydrogen (secondary N) is 2. The van der Waals surface area contributed by atoms with Crippen molar-refractivity contribution in [2.45, 2.75) is 43.0 Å². The van der Waals surface area contributed by atoms with Crippen LogP contribution >= 0.6 is 11.3 Å². The van der Waals surface area contributed by atoms with E-state index in [1.54, 1.807) is 6.07 Å². The predicted molar refractivity (Wildman–Crippen MR) is 87.4 cm³/mol. The van der Waals surface area contributed by atoms with Crippen molar-refractivity contribution >= 4 is 21.4 Å². The first-order valence-electron chi connectivity index (χ1n) is 7.40. The summed E-state index contributed by atoms with van der Waals surface area (Å²) in [6.45, 7) is 6.82. The molecule has 0 aromatic carbocycles. The fourth-order valence-corrected chi connectivity index (χ4v) is 5.06. The zero-order valence-electron chi connectivity index (χ0n) is 12.9. The Kier molecular flexibility index (Phi) is 5.79. The van der Waals surface area contributed by atoms with Gasteiger partial charge in [0.15, 0.2) is 0 Å². The summed E-state index contributed by atoms with van der Waals surface area (Å²) in [5.74, 6) is 0. The van der Waals surface area contributed by atoms with Gasteiger partial charge >= 0.3 is 0 Å². The number of likely N-dealkylation sites (tertiary alicyclic amines) is 1. The molecule has 5 nitrogen and oxygen atoms in total. The first-order chi connectivity index (χ1) is 9.87. The van der Waals surface area contributed by atoms with Gasteiger partial charge in [-0.15, -0.1) is 11.3 Å². The second-order valence-electron chi connectivity index (χ2n) is 5.95. The van der Waals surface area contributed by atoms with E-state index in [1.165, 1.54) is 11.3 Å². The van der Waals surface area contributed by atoms with Gasteiger partial charge in [0, 0.05) is 30.1 Å². The molecule has 0 radical (unpaired) electrons. The van der Waals surface area contributed by atoms with Crippen LogP contribution in [-0.2, 0) is 16.4 Å². The number of thiophene rings is 1. The zero-order valence-corrected chi connectivity index (χ0v) is 14.6. The Bertz CT molecular complexity index is 554. The maximum atomic E-state index is 12.4. The van der Waals surface area contributed by atoms with E-state index in [1.807, 2.05) is 13.1 Å². The van der Waals surface area contributed by atoms with E-state index in [4.69, 9.17) is 0 Å². The van der Waals surface area contributed by atoms with Crippen LogP contribution in [0.15, 0.2) is 16.3 Å². The fraction of sp³-hybridized carbons (Fsp3) is 0.714. The van der Waals surface area contributed by atoms with Crippen LogP contribution in [0, 0.1) is 0 Å². The molecule has 2 N–H and O–H groups in total. The smallest absolute Gasteiger partial charge is 0.250 e. The van der Waals surface area contributed by atoms with Crippen molar-refractivity contribution in [2.75, 3.05) is 26.7 Å². The lowest BCUT2D eigenvalue weighted by Gasteiger charge is -2.12. The summed E-state index contributed by atoms with van der Waals surface area (Å²) in [5, 5.41) is 3.34. The van der Waals surface area contributed by atoms with Gasteiger partial charge in [-0.1, -0.05) is 13.8 Å². The molecule has 2 heterocycles. The average Bonchev–Trinajstić information content (AvgIpc) is 2.98. The maximum Gasteiger partial charge on any atom is 0.250 e.